The van der Waals surface area contributed by atoms with E-state index in [1.54, 1.807) is 31.2 Å². The number of hydrogen-bond acceptors (Lipinski definition) is 6. The lowest BCUT2D eigenvalue weighted by atomic mass is 9.60. The first-order chi connectivity index (χ1) is 18.8. The van der Waals surface area contributed by atoms with E-state index in [0.717, 1.165) is 37.7 Å². The summed E-state index contributed by atoms with van der Waals surface area (Å²) in [4.78, 5) is 0.308. The summed E-state index contributed by atoms with van der Waals surface area (Å²) in [5, 5.41) is 39.9. The third kappa shape index (κ3) is 6.34. The van der Waals surface area contributed by atoms with Crippen LogP contribution in [0.2, 0.25) is 0 Å². The van der Waals surface area contributed by atoms with Crippen LogP contribution in [0.1, 0.15) is 78.6 Å². The van der Waals surface area contributed by atoms with Gasteiger partial charge in [0.2, 0.25) is 0 Å². The number of aliphatic hydroxyl groups excluding tert-OH is 3. The fraction of sp³-hybridized carbons (Fsp3) is 0.636. The van der Waals surface area contributed by atoms with Crippen molar-refractivity contribution >= 4 is 9.84 Å². The molecule has 8 atom stereocenters. The Bertz CT molecular complexity index is 1220. The van der Waals surface area contributed by atoms with Gasteiger partial charge >= 0.3 is 0 Å². The van der Waals surface area contributed by atoms with Gasteiger partial charge in [-0.3, -0.25) is 0 Å². The molecule has 0 aromatic heterocycles. The highest BCUT2D eigenvalue weighted by atomic mass is 32.2. The van der Waals surface area contributed by atoms with E-state index in [1.807, 2.05) is 12.1 Å². The summed E-state index contributed by atoms with van der Waals surface area (Å²) in [6, 6.07) is 8.61. The van der Waals surface area contributed by atoms with E-state index in [0.29, 0.717) is 29.2 Å². The molecule has 40 heavy (non-hydrogen) atoms. The van der Waals surface area contributed by atoms with Crippen LogP contribution in [0, 0.1) is 23.2 Å². The molecule has 3 aliphatic rings. The number of benzene rings is 1. The molecule has 4 N–H and O–H groups in total. The average Bonchev–Trinajstić information content (AvgIpc) is 3.27. The Balaban J connectivity index is 1.62. The van der Waals surface area contributed by atoms with Crippen LogP contribution in [0.25, 0.3) is 0 Å². The lowest BCUT2D eigenvalue weighted by Gasteiger charge is -2.46. The molecule has 0 saturated heterocycles. The zero-order chi connectivity index (χ0) is 29.3. The Labute approximate surface area is 240 Å². The molecule has 1 aromatic rings. The van der Waals surface area contributed by atoms with Gasteiger partial charge in [0.25, 0.3) is 0 Å². The monoisotopic (exact) mass is 572 g/mol. The van der Waals surface area contributed by atoms with Gasteiger partial charge in [0, 0.05) is 6.42 Å². The molecule has 3 saturated carbocycles. The van der Waals surface area contributed by atoms with Gasteiger partial charge in [-0.2, -0.15) is 0 Å². The number of aliphatic hydroxyl groups is 4. The van der Waals surface area contributed by atoms with E-state index in [2.05, 4.69) is 26.5 Å². The zero-order valence-corrected chi connectivity index (χ0v) is 25.1. The number of rotatable bonds is 9. The van der Waals surface area contributed by atoms with E-state index in [4.69, 9.17) is 0 Å². The molecule has 0 radical (unpaired) electrons. The topological polar surface area (TPSA) is 115 Å². The van der Waals surface area contributed by atoms with E-state index in [-0.39, 0.29) is 30.1 Å². The highest BCUT2D eigenvalue weighted by molar-refractivity contribution is 7.92. The molecule has 2 unspecified atom stereocenters. The maximum atomic E-state index is 14.0. The Morgan fingerprint density at radius 2 is 1.88 bits per heavy atom. The van der Waals surface area contributed by atoms with Crippen molar-refractivity contribution in [3.8, 4) is 0 Å². The van der Waals surface area contributed by atoms with Crippen molar-refractivity contribution in [1.82, 2.24) is 0 Å². The minimum absolute atomic E-state index is 0.0471. The normalized spacial score (nSPS) is 34.4. The van der Waals surface area contributed by atoms with Gasteiger partial charge in [0.15, 0.2) is 9.84 Å². The first-order valence-corrected chi connectivity index (χ1v) is 16.4. The van der Waals surface area contributed by atoms with E-state index in [9.17, 15) is 28.8 Å². The largest absolute Gasteiger partial charge is 0.393 e. The molecule has 0 amide bonds. The SMILES string of the molecule is C=C1C(=CC=C2CCC[C@]3(C)[C@@H]([C@H](C)C(CCC(C)(O)CO)S(=O)(=O)c4ccccc4)CC[C@@H]23)C[C@@H](O)C[C@@H]1O. The van der Waals surface area contributed by atoms with Crippen molar-refractivity contribution in [3.05, 3.63) is 65.8 Å². The highest BCUT2D eigenvalue weighted by Crippen LogP contribution is 2.60. The first-order valence-electron chi connectivity index (χ1n) is 14.9. The zero-order valence-electron chi connectivity index (χ0n) is 24.3. The summed E-state index contributed by atoms with van der Waals surface area (Å²) < 4.78 is 28.0. The molecular formula is C33H48O6S. The van der Waals surface area contributed by atoms with Crippen LogP contribution in [0.15, 0.2) is 70.7 Å². The molecule has 0 aliphatic heterocycles. The number of sulfone groups is 1. The lowest BCUT2D eigenvalue weighted by molar-refractivity contribution is -0.00857. The Morgan fingerprint density at radius 3 is 2.55 bits per heavy atom. The fourth-order valence-electron chi connectivity index (χ4n) is 7.89. The molecule has 6 nitrogen and oxygen atoms in total. The Morgan fingerprint density at radius 1 is 1.18 bits per heavy atom. The van der Waals surface area contributed by atoms with Crippen LogP contribution in [-0.4, -0.2) is 58.5 Å². The van der Waals surface area contributed by atoms with Crippen LogP contribution >= 0.6 is 0 Å². The summed E-state index contributed by atoms with van der Waals surface area (Å²) >= 11 is 0. The van der Waals surface area contributed by atoms with Crippen LogP contribution in [-0.2, 0) is 9.84 Å². The second kappa shape index (κ2) is 12.2. The summed E-state index contributed by atoms with van der Waals surface area (Å²) in [5.74, 6) is 0.415. The van der Waals surface area contributed by atoms with Crippen molar-refractivity contribution in [1.29, 1.82) is 0 Å². The highest BCUT2D eigenvalue weighted by Gasteiger charge is 2.53. The summed E-state index contributed by atoms with van der Waals surface area (Å²) in [7, 11) is -3.66. The van der Waals surface area contributed by atoms with Crippen LogP contribution in [0.4, 0.5) is 0 Å². The van der Waals surface area contributed by atoms with Crippen molar-refractivity contribution in [2.75, 3.05) is 6.61 Å². The summed E-state index contributed by atoms with van der Waals surface area (Å²) in [6.45, 7) is 9.60. The third-order valence-corrected chi connectivity index (χ3v) is 12.7. The standard InChI is InChI=1S/C33H48O6S/c1-22-25(19-26(35)20-30(22)36)13-12-24-9-8-17-33(4)28(14-15-29(24)33)23(2)31(16-18-32(3,37)21-34)40(38,39)27-10-6-5-7-11-27/h5-7,10-13,23,26,28-31,34-37H,1,8-9,14-21H2,2-4H3/t23-,26+,28+,29-,30-,31?,32?,33+/m0/s1. The number of allylic oxidation sites excluding steroid dienone is 3. The van der Waals surface area contributed by atoms with Gasteiger partial charge in [-0.15, -0.1) is 0 Å². The predicted octanol–water partition coefficient (Wildman–Crippen LogP) is 5.13. The second-order valence-electron chi connectivity index (χ2n) is 13.1. The smallest absolute Gasteiger partial charge is 0.181 e. The van der Waals surface area contributed by atoms with Gasteiger partial charge in [0.1, 0.15) is 0 Å². The average molecular weight is 573 g/mol. The lowest BCUT2D eigenvalue weighted by Crippen LogP contribution is -2.42. The maximum Gasteiger partial charge on any atom is 0.181 e. The van der Waals surface area contributed by atoms with Gasteiger partial charge in [-0.05, 0) is 105 Å². The molecule has 0 spiro atoms. The van der Waals surface area contributed by atoms with Crippen molar-refractivity contribution in [2.24, 2.45) is 23.2 Å². The first kappa shape index (κ1) is 31.2. The van der Waals surface area contributed by atoms with E-state index >= 15 is 0 Å². The van der Waals surface area contributed by atoms with Crippen LogP contribution < -0.4 is 0 Å². The molecule has 3 aliphatic carbocycles. The van der Waals surface area contributed by atoms with Crippen LogP contribution in [0.5, 0.6) is 0 Å². The van der Waals surface area contributed by atoms with Crippen molar-refractivity contribution in [3.63, 3.8) is 0 Å². The second-order valence-corrected chi connectivity index (χ2v) is 15.3. The van der Waals surface area contributed by atoms with Gasteiger partial charge in [0.05, 0.1) is 34.6 Å². The summed E-state index contributed by atoms with van der Waals surface area (Å²) in [6.07, 6.45) is 9.26. The van der Waals surface area contributed by atoms with E-state index in [1.165, 1.54) is 5.57 Å². The van der Waals surface area contributed by atoms with E-state index < -0.39 is 39.5 Å². The Kier molecular flexibility index (Phi) is 9.53. The number of fused-ring (bicyclic) bond motifs is 1. The fourth-order valence-corrected chi connectivity index (χ4v) is 9.95. The minimum atomic E-state index is -3.66. The third-order valence-electron chi connectivity index (χ3n) is 10.3. The summed E-state index contributed by atoms with van der Waals surface area (Å²) in [5.41, 5.74) is 1.58. The molecule has 1 aromatic carbocycles. The maximum absolute atomic E-state index is 14.0. The molecule has 4 rings (SSSR count). The van der Waals surface area contributed by atoms with Gasteiger partial charge in [-0.25, -0.2) is 8.42 Å². The van der Waals surface area contributed by atoms with Crippen molar-refractivity contribution < 1.29 is 28.8 Å². The van der Waals surface area contributed by atoms with Gasteiger partial charge in [-0.1, -0.05) is 56.4 Å². The molecule has 222 valence electrons. The van der Waals surface area contributed by atoms with Crippen LogP contribution in [0.3, 0.4) is 0 Å². The molecule has 0 bridgehead atoms. The quantitative estimate of drug-likeness (QED) is 0.326. The molecular weight excluding hydrogens is 524 g/mol. The van der Waals surface area contributed by atoms with Crippen molar-refractivity contribution in [2.45, 2.75) is 107 Å². The predicted molar refractivity (Wildman–Crippen MR) is 158 cm³/mol. The Hall–Kier alpha value is -1.77. The molecule has 7 heteroatoms. The molecule has 0 heterocycles. The molecule has 3 fully saturated rings. The number of hydrogen-bond donors (Lipinski definition) is 4. The minimum Gasteiger partial charge on any atom is -0.393 e. The van der Waals surface area contributed by atoms with Gasteiger partial charge < -0.3 is 20.4 Å².